The molecule has 140 valence electrons. The van der Waals surface area contributed by atoms with Gasteiger partial charge in [0.05, 0.1) is 16.8 Å². The Kier molecular flexibility index (Phi) is 4.85. The molecule has 0 unspecified atom stereocenters. The molecule has 0 spiro atoms. The number of fused-ring (bicyclic) bond motifs is 2. The minimum atomic E-state index is -0.274. The summed E-state index contributed by atoms with van der Waals surface area (Å²) in [4.78, 5) is 17.6. The van der Waals surface area contributed by atoms with E-state index in [-0.39, 0.29) is 5.91 Å². The number of carbonyl (C=O) groups excluding carboxylic acids is 1. The lowest BCUT2D eigenvalue weighted by molar-refractivity contribution is 0.0998. The van der Waals surface area contributed by atoms with E-state index in [1.807, 2.05) is 30.5 Å². The van der Waals surface area contributed by atoms with Gasteiger partial charge in [0, 0.05) is 24.2 Å². The van der Waals surface area contributed by atoms with Crippen molar-refractivity contribution in [2.45, 2.75) is 20.4 Å². The predicted molar refractivity (Wildman–Crippen MR) is 104 cm³/mol. The van der Waals surface area contributed by atoms with Crippen molar-refractivity contribution >= 4 is 27.5 Å². The molecule has 0 radical (unpaired) electrons. The van der Waals surface area contributed by atoms with E-state index in [2.05, 4.69) is 4.99 Å². The maximum atomic E-state index is 12.6. The van der Waals surface area contributed by atoms with Crippen LogP contribution in [0.15, 0.2) is 41.4 Å². The Labute approximate surface area is 160 Å². The second kappa shape index (κ2) is 7.44. The first-order valence-corrected chi connectivity index (χ1v) is 9.76. The Hall–Kier alpha value is -2.80. The van der Waals surface area contributed by atoms with E-state index in [1.54, 1.807) is 24.3 Å². The number of hydrogen-bond donors (Lipinski definition) is 0. The molecule has 4 rings (SSSR count). The summed E-state index contributed by atoms with van der Waals surface area (Å²) in [7, 11) is 0. The average molecular weight is 384 g/mol. The van der Waals surface area contributed by atoms with Gasteiger partial charge in [0.1, 0.15) is 19.0 Å². The zero-order valence-corrected chi connectivity index (χ0v) is 16.0. The Morgan fingerprint density at radius 3 is 2.52 bits per heavy atom. The number of aryl methyl sites for hydroxylation is 1. The first-order valence-electron chi connectivity index (χ1n) is 8.94. The van der Waals surface area contributed by atoms with Crippen molar-refractivity contribution in [1.29, 1.82) is 0 Å². The normalized spacial score (nSPS) is 13.8. The number of rotatable bonds is 4. The van der Waals surface area contributed by atoms with E-state index in [4.69, 9.17) is 14.2 Å². The number of thiazole rings is 1. The summed E-state index contributed by atoms with van der Waals surface area (Å²) in [6.07, 6.45) is 0. The molecule has 2 aromatic carbocycles. The molecule has 0 bridgehead atoms. The minimum Gasteiger partial charge on any atom is -0.494 e. The van der Waals surface area contributed by atoms with Crippen LogP contribution in [-0.2, 0) is 6.54 Å². The van der Waals surface area contributed by atoms with Gasteiger partial charge in [-0.25, -0.2) is 0 Å². The zero-order chi connectivity index (χ0) is 18.8. The maximum Gasteiger partial charge on any atom is 0.279 e. The third-order valence-corrected chi connectivity index (χ3v) is 5.31. The SMILES string of the molecule is CCOc1ccc(C(=O)N=c2sc3cc4c(cc3n2CC)OCCO4)cc1. The highest BCUT2D eigenvalue weighted by atomic mass is 32.1. The van der Waals surface area contributed by atoms with E-state index in [9.17, 15) is 4.79 Å². The van der Waals surface area contributed by atoms with Crippen LogP contribution < -0.4 is 19.0 Å². The molecule has 2 heterocycles. The number of carbonyl (C=O) groups is 1. The molecule has 0 atom stereocenters. The summed E-state index contributed by atoms with van der Waals surface area (Å²) < 4.78 is 19.8. The summed E-state index contributed by atoms with van der Waals surface area (Å²) in [5.74, 6) is 1.94. The number of aromatic nitrogens is 1. The van der Waals surface area contributed by atoms with Crippen molar-refractivity contribution in [3.05, 3.63) is 46.8 Å². The topological polar surface area (TPSA) is 62.0 Å². The van der Waals surface area contributed by atoms with E-state index >= 15 is 0 Å². The van der Waals surface area contributed by atoms with Gasteiger partial charge in [0.15, 0.2) is 16.3 Å². The zero-order valence-electron chi connectivity index (χ0n) is 15.2. The van der Waals surface area contributed by atoms with E-state index < -0.39 is 0 Å². The Bertz CT molecular complexity index is 1050. The number of nitrogens with zero attached hydrogens (tertiary/aromatic N) is 2. The van der Waals surface area contributed by atoms with Gasteiger partial charge in [-0.1, -0.05) is 11.3 Å². The van der Waals surface area contributed by atoms with Crippen LogP contribution in [0, 0.1) is 0 Å². The van der Waals surface area contributed by atoms with Crippen LogP contribution in [-0.4, -0.2) is 30.3 Å². The van der Waals surface area contributed by atoms with Gasteiger partial charge in [0.25, 0.3) is 5.91 Å². The molecule has 1 amide bonds. The molecule has 0 aliphatic carbocycles. The lowest BCUT2D eigenvalue weighted by atomic mass is 10.2. The van der Waals surface area contributed by atoms with Gasteiger partial charge >= 0.3 is 0 Å². The highest BCUT2D eigenvalue weighted by molar-refractivity contribution is 7.16. The van der Waals surface area contributed by atoms with Crippen molar-refractivity contribution in [3.8, 4) is 17.2 Å². The van der Waals surface area contributed by atoms with Crippen LogP contribution in [0.3, 0.4) is 0 Å². The third-order valence-electron chi connectivity index (χ3n) is 4.27. The molecule has 0 N–H and O–H groups in total. The number of amides is 1. The van der Waals surface area contributed by atoms with Crippen molar-refractivity contribution < 1.29 is 19.0 Å². The summed E-state index contributed by atoms with van der Waals surface area (Å²) >= 11 is 1.47. The van der Waals surface area contributed by atoms with E-state index in [0.29, 0.717) is 36.7 Å². The molecule has 0 saturated carbocycles. The highest BCUT2D eigenvalue weighted by Gasteiger charge is 2.16. The fourth-order valence-corrected chi connectivity index (χ4v) is 4.11. The quantitative estimate of drug-likeness (QED) is 0.689. The first kappa shape index (κ1) is 17.6. The maximum absolute atomic E-state index is 12.6. The van der Waals surface area contributed by atoms with Gasteiger partial charge < -0.3 is 18.8 Å². The van der Waals surface area contributed by atoms with Crippen LogP contribution in [0.5, 0.6) is 17.2 Å². The third kappa shape index (κ3) is 3.42. The summed E-state index contributed by atoms with van der Waals surface area (Å²) in [5, 5.41) is 0. The summed E-state index contributed by atoms with van der Waals surface area (Å²) in [5.41, 5.74) is 1.52. The van der Waals surface area contributed by atoms with Crippen molar-refractivity contribution in [2.24, 2.45) is 4.99 Å². The molecule has 1 aromatic heterocycles. The molecule has 6 nitrogen and oxygen atoms in total. The van der Waals surface area contributed by atoms with Crippen molar-refractivity contribution in [1.82, 2.24) is 4.57 Å². The fourth-order valence-electron chi connectivity index (χ4n) is 3.01. The van der Waals surface area contributed by atoms with Gasteiger partial charge in [-0.2, -0.15) is 4.99 Å². The average Bonchev–Trinajstić information content (AvgIpc) is 3.02. The molecule has 1 aliphatic heterocycles. The van der Waals surface area contributed by atoms with Gasteiger partial charge in [-0.15, -0.1) is 0 Å². The largest absolute Gasteiger partial charge is 0.494 e. The van der Waals surface area contributed by atoms with Gasteiger partial charge in [0.2, 0.25) is 0 Å². The summed E-state index contributed by atoms with van der Waals surface area (Å²) in [6, 6.07) is 11.0. The van der Waals surface area contributed by atoms with Gasteiger partial charge in [-0.05, 0) is 38.1 Å². The smallest absolute Gasteiger partial charge is 0.279 e. The molecule has 3 aromatic rings. The molecular formula is C20H20N2O4S. The molecule has 7 heteroatoms. The molecular weight excluding hydrogens is 364 g/mol. The number of ether oxygens (including phenoxy) is 3. The van der Waals surface area contributed by atoms with Crippen LogP contribution in [0.4, 0.5) is 0 Å². The van der Waals surface area contributed by atoms with Gasteiger partial charge in [-0.3, -0.25) is 4.79 Å². The van der Waals surface area contributed by atoms with E-state index in [1.165, 1.54) is 11.3 Å². The highest BCUT2D eigenvalue weighted by Crippen LogP contribution is 2.35. The first-order chi connectivity index (χ1) is 13.2. The molecule has 0 saturated heterocycles. The van der Waals surface area contributed by atoms with Crippen LogP contribution in [0.1, 0.15) is 24.2 Å². The van der Waals surface area contributed by atoms with Crippen LogP contribution in [0.2, 0.25) is 0 Å². The Morgan fingerprint density at radius 2 is 1.85 bits per heavy atom. The predicted octanol–water partition coefficient (Wildman–Crippen LogP) is 3.63. The Balaban J connectivity index is 1.74. The monoisotopic (exact) mass is 384 g/mol. The fraction of sp³-hybridized carbons (Fsp3) is 0.300. The molecule has 1 aliphatic rings. The number of hydrogen-bond acceptors (Lipinski definition) is 5. The lowest BCUT2D eigenvalue weighted by Gasteiger charge is -2.18. The van der Waals surface area contributed by atoms with Crippen molar-refractivity contribution in [3.63, 3.8) is 0 Å². The van der Waals surface area contributed by atoms with Crippen molar-refractivity contribution in [2.75, 3.05) is 19.8 Å². The molecule has 27 heavy (non-hydrogen) atoms. The van der Waals surface area contributed by atoms with E-state index in [0.717, 1.165) is 27.5 Å². The second-order valence-corrected chi connectivity index (χ2v) is 6.98. The minimum absolute atomic E-state index is 0.274. The summed E-state index contributed by atoms with van der Waals surface area (Å²) in [6.45, 7) is 6.34. The number of benzene rings is 2. The lowest BCUT2D eigenvalue weighted by Crippen LogP contribution is -2.17. The Morgan fingerprint density at radius 1 is 1.15 bits per heavy atom. The molecule has 0 fully saturated rings. The standard InChI is InChI=1S/C20H20N2O4S/c1-3-22-15-11-16-17(26-10-9-25-16)12-18(15)27-20(22)21-19(23)13-5-7-14(8-6-13)24-4-2/h5-8,11-12H,3-4,9-10H2,1-2H3. The van der Waals surface area contributed by atoms with Crippen LogP contribution >= 0.6 is 11.3 Å². The van der Waals surface area contributed by atoms with Crippen LogP contribution in [0.25, 0.3) is 10.2 Å². The second-order valence-electron chi connectivity index (χ2n) is 5.97.